The van der Waals surface area contributed by atoms with Gasteiger partial charge in [0.25, 0.3) is 0 Å². The Balaban J connectivity index is 1.85. The number of rotatable bonds is 2. The second-order valence-electron chi connectivity index (χ2n) is 5.22. The summed E-state index contributed by atoms with van der Waals surface area (Å²) in [5.74, 6) is 0.420. The molecular formula is C14H22N2O2. The Morgan fingerprint density at radius 1 is 1.06 bits per heavy atom. The third-order valence-electron chi connectivity index (χ3n) is 3.84. The number of likely N-dealkylation sites (tertiary alicyclic amines) is 2. The first-order chi connectivity index (χ1) is 8.66. The molecule has 0 N–H and O–H groups in total. The summed E-state index contributed by atoms with van der Waals surface area (Å²) in [4.78, 5) is 27.3. The van der Waals surface area contributed by atoms with Crippen LogP contribution in [-0.4, -0.2) is 47.7 Å². The Morgan fingerprint density at radius 2 is 1.78 bits per heavy atom. The molecule has 0 aromatic heterocycles. The lowest BCUT2D eigenvalue weighted by molar-refractivity contribution is -0.135. The largest absolute Gasteiger partial charge is 0.366 e. The van der Waals surface area contributed by atoms with Crippen LogP contribution >= 0.6 is 0 Å². The van der Waals surface area contributed by atoms with Crippen LogP contribution in [0.15, 0.2) is 12.3 Å². The minimum Gasteiger partial charge on any atom is -0.366 e. The number of hydrogen-bond donors (Lipinski definition) is 0. The minimum atomic E-state index is 0.144. The van der Waals surface area contributed by atoms with E-state index < -0.39 is 0 Å². The van der Waals surface area contributed by atoms with Crippen LogP contribution in [0.2, 0.25) is 0 Å². The van der Waals surface area contributed by atoms with E-state index in [2.05, 4.69) is 11.5 Å². The molecule has 0 spiro atoms. The second-order valence-corrected chi connectivity index (χ2v) is 5.22. The van der Waals surface area contributed by atoms with Gasteiger partial charge in [0.2, 0.25) is 5.91 Å². The molecule has 2 aliphatic heterocycles. The van der Waals surface area contributed by atoms with E-state index >= 15 is 0 Å². The van der Waals surface area contributed by atoms with Crippen LogP contribution in [-0.2, 0) is 9.59 Å². The van der Waals surface area contributed by atoms with Crippen LogP contribution in [0.3, 0.4) is 0 Å². The third kappa shape index (κ3) is 3.34. The average molecular weight is 250 g/mol. The summed E-state index contributed by atoms with van der Waals surface area (Å²) in [7, 11) is 0. The summed E-state index contributed by atoms with van der Waals surface area (Å²) >= 11 is 0. The highest BCUT2D eigenvalue weighted by molar-refractivity contribution is 5.84. The number of hydrogen-bond acceptors (Lipinski definition) is 3. The zero-order valence-corrected chi connectivity index (χ0v) is 11.0. The third-order valence-corrected chi connectivity index (χ3v) is 3.84. The molecule has 0 aliphatic carbocycles. The number of amides is 1. The van der Waals surface area contributed by atoms with Crippen LogP contribution in [0, 0.1) is 0 Å². The standard InChI is InChI=1S/C14H22N2O2/c1-12-5-3-2-4-8-16(12)11-14(18)15-9-6-13(17)7-10-15/h1-11H2. The molecule has 1 amide bonds. The van der Waals surface area contributed by atoms with Crippen LogP contribution in [0.25, 0.3) is 0 Å². The van der Waals surface area contributed by atoms with Crippen molar-refractivity contribution in [2.24, 2.45) is 0 Å². The van der Waals surface area contributed by atoms with E-state index in [1.807, 2.05) is 4.90 Å². The van der Waals surface area contributed by atoms with Gasteiger partial charge < -0.3 is 9.80 Å². The van der Waals surface area contributed by atoms with Crippen molar-refractivity contribution < 1.29 is 9.59 Å². The predicted molar refractivity (Wildman–Crippen MR) is 70.0 cm³/mol. The minimum absolute atomic E-state index is 0.144. The quantitative estimate of drug-likeness (QED) is 0.747. The summed E-state index contributed by atoms with van der Waals surface area (Å²) in [6.45, 7) is 6.64. The number of nitrogens with zero attached hydrogens (tertiary/aromatic N) is 2. The van der Waals surface area contributed by atoms with Crippen LogP contribution in [0.5, 0.6) is 0 Å². The van der Waals surface area contributed by atoms with Gasteiger partial charge in [0.1, 0.15) is 5.78 Å². The fraction of sp³-hybridized carbons (Fsp3) is 0.714. The van der Waals surface area contributed by atoms with Crippen molar-refractivity contribution in [3.05, 3.63) is 12.3 Å². The number of ketones is 1. The number of carbonyl (C=O) groups is 2. The summed E-state index contributed by atoms with van der Waals surface area (Å²) in [5, 5.41) is 0. The Morgan fingerprint density at radius 3 is 2.50 bits per heavy atom. The smallest absolute Gasteiger partial charge is 0.242 e. The van der Waals surface area contributed by atoms with Crippen LogP contribution in [0.1, 0.15) is 38.5 Å². The maximum Gasteiger partial charge on any atom is 0.242 e. The number of piperidine rings is 1. The Hall–Kier alpha value is -1.32. The van der Waals surface area contributed by atoms with Gasteiger partial charge in [-0.3, -0.25) is 9.59 Å². The van der Waals surface area contributed by atoms with Gasteiger partial charge in [0.15, 0.2) is 0 Å². The zero-order chi connectivity index (χ0) is 13.0. The SMILES string of the molecule is C=C1CCCCCN1CC(=O)N1CCC(=O)CC1. The van der Waals surface area contributed by atoms with Gasteiger partial charge in [-0.1, -0.05) is 13.0 Å². The summed E-state index contributed by atoms with van der Waals surface area (Å²) in [5.41, 5.74) is 1.09. The zero-order valence-electron chi connectivity index (χ0n) is 11.0. The highest BCUT2D eigenvalue weighted by Gasteiger charge is 2.23. The predicted octanol–water partition coefficient (Wildman–Crippen LogP) is 1.57. The maximum absolute atomic E-state index is 12.2. The van der Waals surface area contributed by atoms with Crippen molar-refractivity contribution in [1.29, 1.82) is 0 Å². The van der Waals surface area contributed by atoms with E-state index in [9.17, 15) is 9.59 Å². The van der Waals surface area contributed by atoms with Gasteiger partial charge in [0.05, 0.1) is 6.54 Å². The topological polar surface area (TPSA) is 40.6 Å². The summed E-state index contributed by atoms with van der Waals surface area (Å²) in [6, 6.07) is 0. The van der Waals surface area contributed by atoms with Gasteiger partial charge in [0, 0.05) is 38.2 Å². The van der Waals surface area contributed by atoms with E-state index in [0.29, 0.717) is 32.5 Å². The normalized spacial score (nSPS) is 22.0. The Labute approximate surface area is 109 Å². The van der Waals surface area contributed by atoms with Gasteiger partial charge in [-0.05, 0) is 19.3 Å². The van der Waals surface area contributed by atoms with E-state index in [1.165, 1.54) is 12.8 Å². The molecule has 0 unspecified atom stereocenters. The lowest BCUT2D eigenvalue weighted by atomic mass is 10.1. The average Bonchev–Trinajstić information content (AvgIpc) is 2.56. The molecule has 2 fully saturated rings. The van der Waals surface area contributed by atoms with E-state index in [0.717, 1.165) is 25.1 Å². The van der Waals surface area contributed by atoms with Crippen molar-refractivity contribution >= 4 is 11.7 Å². The Kier molecular flexibility index (Phi) is 4.39. The monoisotopic (exact) mass is 250 g/mol. The van der Waals surface area contributed by atoms with E-state index in [-0.39, 0.29) is 11.7 Å². The molecule has 2 aliphatic rings. The number of carbonyl (C=O) groups excluding carboxylic acids is 2. The van der Waals surface area contributed by atoms with Crippen LogP contribution in [0.4, 0.5) is 0 Å². The first kappa shape index (κ1) is 13.1. The first-order valence-electron chi connectivity index (χ1n) is 6.89. The molecule has 2 saturated heterocycles. The van der Waals surface area contributed by atoms with Gasteiger partial charge >= 0.3 is 0 Å². The van der Waals surface area contributed by atoms with Gasteiger partial charge in [-0.2, -0.15) is 0 Å². The van der Waals surface area contributed by atoms with Crippen molar-refractivity contribution in [3.63, 3.8) is 0 Å². The molecule has 0 radical (unpaired) electrons. The molecule has 0 saturated carbocycles. The molecular weight excluding hydrogens is 228 g/mol. The van der Waals surface area contributed by atoms with E-state index in [4.69, 9.17) is 0 Å². The number of allylic oxidation sites excluding steroid dienone is 1. The first-order valence-corrected chi connectivity index (χ1v) is 6.89. The van der Waals surface area contributed by atoms with E-state index in [1.54, 1.807) is 0 Å². The molecule has 4 nitrogen and oxygen atoms in total. The lowest BCUT2D eigenvalue weighted by Crippen LogP contribution is -2.44. The summed E-state index contributed by atoms with van der Waals surface area (Å²) in [6.07, 6.45) is 5.60. The van der Waals surface area contributed by atoms with Crippen molar-refractivity contribution in [2.75, 3.05) is 26.2 Å². The van der Waals surface area contributed by atoms with Gasteiger partial charge in [-0.25, -0.2) is 0 Å². The maximum atomic E-state index is 12.2. The van der Waals surface area contributed by atoms with Crippen molar-refractivity contribution in [3.8, 4) is 0 Å². The molecule has 4 heteroatoms. The molecule has 0 aromatic rings. The van der Waals surface area contributed by atoms with Crippen molar-refractivity contribution in [2.45, 2.75) is 38.5 Å². The molecule has 2 rings (SSSR count). The molecule has 2 heterocycles. The second kappa shape index (κ2) is 6.03. The molecule has 0 aromatic carbocycles. The Bertz CT molecular complexity index is 342. The van der Waals surface area contributed by atoms with Crippen molar-refractivity contribution in [1.82, 2.24) is 9.80 Å². The highest BCUT2D eigenvalue weighted by Crippen LogP contribution is 2.18. The number of Topliss-reactive ketones (excluding diaryl/α,β-unsaturated/α-hetero) is 1. The molecule has 0 bridgehead atoms. The fourth-order valence-electron chi connectivity index (χ4n) is 2.58. The lowest BCUT2D eigenvalue weighted by Gasteiger charge is -2.30. The molecule has 0 atom stereocenters. The fourth-order valence-corrected chi connectivity index (χ4v) is 2.58. The summed E-state index contributed by atoms with van der Waals surface area (Å²) < 4.78 is 0. The van der Waals surface area contributed by atoms with Gasteiger partial charge in [-0.15, -0.1) is 0 Å². The van der Waals surface area contributed by atoms with Crippen LogP contribution < -0.4 is 0 Å². The molecule has 18 heavy (non-hydrogen) atoms. The molecule has 100 valence electrons. The highest BCUT2D eigenvalue weighted by atomic mass is 16.2.